The van der Waals surface area contributed by atoms with Gasteiger partial charge in [-0.1, -0.05) is 34.5 Å². The predicted molar refractivity (Wildman–Crippen MR) is 96.6 cm³/mol. The maximum absolute atomic E-state index is 12.6. The fourth-order valence-electron chi connectivity index (χ4n) is 2.41. The zero-order valence-corrected chi connectivity index (χ0v) is 14.8. The highest BCUT2D eigenvalue weighted by molar-refractivity contribution is 6.31. The highest BCUT2D eigenvalue weighted by Gasteiger charge is 2.19. The molecule has 0 unspecified atom stereocenters. The monoisotopic (exact) mass is 356 g/mol. The van der Waals surface area contributed by atoms with Crippen molar-refractivity contribution in [3.63, 3.8) is 0 Å². The van der Waals surface area contributed by atoms with Crippen molar-refractivity contribution in [1.82, 2.24) is 5.16 Å². The Morgan fingerprint density at radius 2 is 1.84 bits per heavy atom. The number of aromatic nitrogens is 1. The van der Waals surface area contributed by atoms with E-state index in [9.17, 15) is 4.79 Å². The lowest BCUT2D eigenvalue weighted by Crippen LogP contribution is -2.14. The third-order valence-corrected chi connectivity index (χ3v) is 3.93. The molecular formula is C19H17ClN2O3. The molecule has 2 aromatic carbocycles. The first-order valence-corrected chi connectivity index (χ1v) is 8.10. The molecule has 1 heterocycles. The van der Waals surface area contributed by atoms with E-state index in [1.165, 1.54) is 0 Å². The van der Waals surface area contributed by atoms with Crippen molar-refractivity contribution < 1.29 is 14.1 Å². The largest absolute Gasteiger partial charge is 0.455 e. The minimum atomic E-state index is -0.327. The number of rotatable bonds is 4. The number of hydrogen-bond acceptors (Lipinski definition) is 4. The van der Waals surface area contributed by atoms with Crippen LogP contribution in [0.15, 0.2) is 47.0 Å². The molecule has 0 spiro atoms. The predicted octanol–water partition coefficient (Wildman–Crippen LogP) is 5.30. The Morgan fingerprint density at radius 3 is 2.48 bits per heavy atom. The van der Waals surface area contributed by atoms with Crippen molar-refractivity contribution in [3.8, 4) is 11.5 Å². The highest BCUT2D eigenvalue weighted by atomic mass is 35.5. The van der Waals surface area contributed by atoms with E-state index in [-0.39, 0.29) is 5.91 Å². The first-order chi connectivity index (χ1) is 11.9. The van der Waals surface area contributed by atoms with Crippen LogP contribution in [0.1, 0.15) is 27.4 Å². The summed E-state index contributed by atoms with van der Waals surface area (Å²) in [4.78, 5) is 12.6. The van der Waals surface area contributed by atoms with Crippen molar-refractivity contribution >= 4 is 23.2 Å². The van der Waals surface area contributed by atoms with Gasteiger partial charge in [0.15, 0.2) is 5.75 Å². The van der Waals surface area contributed by atoms with Crippen LogP contribution >= 0.6 is 11.6 Å². The van der Waals surface area contributed by atoms with Gasteiger partial charge in [-0.3, -0.25) is 4.79 Å². The lowest BCUT2D eigenvalue weighted by molar-refractivity contribution is 0.102. The third kappa shape index (κ3) is 3.83. The normalized spacial score (nSPS) is 10.6. The molecular weight excluding hydrogens is 340 g/mol. The highest BCUT2D eigenvalue weighted by Crippen LogP contribution is 2.32. The summed E-state index contributed by atoms with van der Waals surface area (Å²) >= 11 is 6.07. The van der Waals surface area contributed by atoms with E-state index < -0.39 is 0 Å². The van der Waals surface area contributed by atoms with Gasteiger partial charge < -0.3 is 14.6 Å². The Balaban J connectivity index is 1.89. The minimum Gasteiger partial charge on any atom is -0.455 e. The maximum Gasteiger partial charge on any atom is 0.261 e. The van der Waals surface area contributed by atoms with Crippen LogP contribution in [0.5, 0.6) is 11.5 Å². The minimum absolute atomic E-state index is 0.327. The standard InChI is InChI=1S/C19H17ClN2O3/c1-11-4-7-15(8-5-11)24-17-9-6-14(20)10-16(17)21-19(23)18-12(2)22-25-13(18)3/h4-10H,1-3H3,(H,21,23). The second-order valence-electron chi connectivity index (χ2n) is 5.71. The van der Waals surface area contributed by atoms with Gasteiger partial charge >= 0.3 is 0 Å². The van der Waals surface area contributed by atoms with Crippen LogP contribution in [-0.2, 0) is 0 Å². The van der Waals surface area contributed by atoms with Gasteiger partial charge in [-0.15, -0.1) is 0 Å². The molecule has 0 aliphatic heterocycles. The number of carbonyl (C=O) groups is 1. The molecule has 0 saturated carbocycles. The Hall–Kier alpha value is -2.79. The summed E-state index contributed by atoms with van der Waals surface area (Å²) in [5, 5.41) is 7.11. The number of halogens is 1. The number of benzene rings is 2. The third-order valence-electron chi connectivity index (χ3n) is 3.70. The fourth-order valence-corrected chi connectivity index (χ4v) is 2.59. The van der Waals surface area contributed by atoms with Crippen LogP contribution in [0.3, 0.4) is 0 Å². The van der Waals surface area contributed by atoms with Crippen LogP contribution in [0.4, 0.5) is 5.69 Å². The molecule has 3 rings (SSSR count). The molecule has 0 atom stereocenters. The van der Waals surface area contributed by atoms with Gasteiger partial charge in [0.1, 0.15) is 17.1 Å². The number of hydrogen-bond donors (Lipinski definition) is 1. The molecule has 1 N–H and O–H groups in total. The summed E-state index contributed by atoms with van der Waals surface area (Å²) in [5.41, 5.74) is 2.53. The molecule has 0 bridgehead atoms. The number of anilines is 1. The SMILES string of the molecule is Cc1ccc(Oc2ccc(Cl)cc2NC(=O)c2c(C)noc2C)cc1. The van der Waals surface area contributed by atoms with Gasteiger partial charge in [0, 0.05) is 5.02 Å². The van der Waals surface area contributed by atoms with Gasteiger partial charge in [-0.25, -0.2) is 0 Å². The average Bonchev–Trinajstić information content (AvgIpc) is 2.91. The number of amides is 1. The molecule has 0 aliphatic rings. The fraction of sp³-hybridized carbons (Fsp3) is 0.158. The molecule has 25 heavy (non-hydrogen) atoms. The quantitative estimate of drug-likeness (QED) is 0.689. The Bertz CT molecular complexity index is 897. The van der Waals surface area contributed by atoms with Crippen molar-refractivity contribution in [2.24, 2.45) is 0 Å². The summed E-state index contributed by atoms with van der Waals surface area (Å²) in [6, 6.07) is 12.7. The smallest absolute Gasteiger partial charge is 0.261 e. The summed E-state index contributed by atoms with van der Waals surface area (Å²) in [5.74, 6) is 1.29. The van der Waals surface area contributed by atoms with Crippen molar-refractivity contribution in [2.75, 3.05) is 5.32 Å². The van der Waals surface area contributed by atoms with E-state index in [1.54, 1.807) is 32.0 Å². The van der Waals surface area contributed by atoms with E-state index in [1.807, 2.05) is 31.2 Å². The molecule has 6 heteroatoms. The number of nitrogens with one attached hydrogen (secondary N) is 1. The van der Waals surface area contributed by atoms with Gasteiger partial charge in [0.05, 0.1) is 11.4 Å². The molecule has 3 aromatic rings. The van der Waals surface area contributed by atoms with Gasteiger partial charge in [-0.05, 0) is 51.1 Å². The lowest BCUT2D eigenvalue weighted by Gasteiger charge is -2.13. The average molecular weight is 357 g/mol. The summed E-state index contributed by atoms with van der Waals surface area (Å²) in [6.45, 7) is 5.41. The number of ether oxygens (including phenoxy) is 1. The molecule has 128 valence electrons. The molecule has 0 fully saturated rings. The topological polar surface area (TPSA) is 64.4 Å². The Morgan fingerprint density at radius 1 is 1.12 bits per heavy atom. The van der Waals surface area contributed by atoms with E-state index in [0.29, 0.717) is 39.2 Å². The summed E-state index contributed by atoms with van der Waals surface area (Å²) < 4.78 is 10.9. The summed E-state index contributed by atoms with van der Waals surface area (Å²) in [6.07, 6.45) is 0. The van der Waals surface area contributed by atoms with E-state index in [2.05, 4.69) is 10.5 Å². The number of aryl methyl sites for hydroxylation is 3. The van der Waals surface area contributed by atoms with Gasteiger partial charge in [-0.2, -0.15) is 0 Å². The molecule has 0 radical (unpaired) electrons. The first kappa shape index (κ1) is 17.0. The molecule has 0 aliphatic carbocycles. The van der Waals surface area contributed by atoms with E-state index in [0.717, 1.165) is 5.56 Å². The van der Waals surface area contributed by atoms with Crippen molar-refractivity contribution in [1.29, 1.82) is 0 Å². The summed E-state index contributed by atoms with van der Waals surface area (Å²) in [7, 11) is 0. The number of carbonyl (C=O) groups excluding carboxylic acids is 1. The second kappa shape index (κ2) is 6.99. The van der Waals surface area contributed by atoms with Gasteiger partial charge in [0.25, 0.3) is 5.91 Å². The maximum atomic E-state index is 12.6. The van der Waals surface area contributed by atoms with Crippen LogP contribution in [0, 0.1) is 20.8 Å². The Kier molecular flexibility index (Phi) is 4.76. The van der Waals surface area contributed by atoms with Crippen LogP contribution in [0.25, 0.3) is 0 Å². The first-order valence-electron chi connectivity index (χ1n) is 7.72. The van der Waals surface area contributed by atoms with Crippen LogP contribution < -0.4 is 10.1 Å². The van der Waals surface area contributed by atoms with E-state index in [4.69, 9.17) is 20.9 Å². The van der Waals surface area contributed by atoms with Crippen LogP contribution in [0.2, 0.25) is 5.02 Å². The molecule has 0 saturated heterocycles. The number of nitrogens with zero attached hydrogens (tertiary/aromatic N) is 1. The zero-order chi connectivity index (χ0) is 18.0. The lowest BCUT2D eigenvalue weighted by atomic mass is 10.2. The molecule has 1 amide bonds. The zero-order valence-electron chi connectivity index (χ0n) is 14.1. The Labute approximate surface area is 150 Å². The second-order valence-corrected chi connectivity index (χ2v) is 6.15. The van der Waals surface area contributed by atoms with Crippen LogP contribution in [-0.4, -0.2) is 11.1 Å². The van der Waals surface area contributed by atoms with Crippen molar-refractivity contribution in [2.45, 2.75) is 20.8 Å². The molecule has 5 nitrogen and oxygen atoms in total. The van der Waals surface area contributed by atoms with Gasteiger partial charge in [0.2, 0.25) is 0 Å². The van der Waals surface area contributed by atoms with E-state index >= 15 is 0 Å². The molecule has 1 aromatic heterocycles. The van der Waals surface area contributed by atoms with Crippen molar-refractivity contribution in [3.05, 3.63) is 70.1 Å².